The molecule has 0 saturated carbocycles. The Labute approximate surface area is 160 Å². The first-order valence-corrected chi connectivity index (χ1v) is 8.52. The van der Waals surface area contributed by atoms with Crippen molar-refractivity contribution in [3.05, 3.63) is 63.6 Å². The molecule has 25 heavy (non-hydrogen) atoms. The van der Waals surface area contributed by atoms with Crippen LogP contribution in [-0.2, 0) is 0 Å². The molecule has 5 nitrogen and oxygen atoms in total. The van der Waals surface area contributed by atoms with Crippen LogP contribution in [-0.4, -0.2) is 23.5 Å². The largest absolute Gasteiger partial charge is 0.352 e. The Hall–Kier alpha value is -2.15. The SMILES string of the molecule is CCNC(=O)c1ccc(NC(=S)NC(=O)c2ccc(Cl)cc2Cl)cc1. The predicted octanol–water partition coefficient (Wildman–Crippen LogP) is 3.87. The molecule has 0 saturated heterocycles. The lowest BCUT2D eigenvalue weighted by Gasteiger charge is -2.11. The van der Waals surface area contributed by atoms with Gasteiger partial charge >= 0.3 is 0 Å². The molecule has 2 aromatic rings. The maximum Gasteiger partial charge on any atom is 0.258 e. The molecule has 0 aromatic heterocycles. The van der Waals surface area contributed by atoms with Crippen LogP contribution < -0.4 is 16.0 Å². The minimum absolute atomic E-state index is 0.113. The van der Waals surface area contributed by atoms with Crippen LogP contribution in [0.5, 0.6) is 0 Å². The quantitative estimate of drug-likeness (QED) is 0.687. The summed E-state index contributed by atoms with van der Waals surface area (Å²) in [5.41, 5.74) is 1.44. The number of benzene rings is 2. The lowest BCUT2D eigenvalue weighted by molar-refractivity contribution is 0.0953. The van der Waals surface area contributed by atoms with Gasteiger partial charge in [0.05, 0.1) is 10.6 Å². The van der Waals surface area contributed by atoms with Crippen molar-refractivity contribution in [3.63, 3.8) is 0 Å². The van der Waals surface area contributed by atoms with Crippen molar-refractivity contribution < 1.29 is 9.59 Å². The molecule has 3 N–H and O–H groups in total. The van der Waals surface area contributed by atoms with Crippen LogP contribution >= 0.6 is 35.4 Å². The number of anilines is 1. The molecule has 2 amide bonds. The molecule has 0 radical (unpaired) electrons. The zero-order valence-electron chi connectivity index (χ0n) is 13.2. The molecule has 0 heterocycles. The monoisotopic (exact) mass is 395 g/mol. The molecular weight excluding hydrogens is 381 g/mol. The number of halogens is 2. The van der Waals surface area contributed by atoms with Gasteiger partial charge in [0, 0.05) is 22.8 Å². The van der Waals surface area contributed by atoms with Crippen LogP contribution in [0.2, 0.25) is 10.0 Å². The first-order chi connectivity index (χ1) is 11.9. The minimum Gasteiger partial charge on any atom is -0.352 e. The average molecular weight is 396 g/mol. The van der Waals surface area contributed by atoms with Gasteiger partial charge in [-0.1, -0.05) is 23.2 Å². The summed E-state index contributed by atoms with van der Waals surface area (Å²) in [5.74, 6) is -0.597. The van der Waals surface area contributed by atoms with Gasteiger partial charge < -0.3 is 10.6 Å². The second-order valence-electron chi connectivity index (χ2n) is 4.97. The van der Waals surface area contributed by atoms with Gasteiger partial charge in [0.15, 0.2) is 5.11 Å². The molecule has 0 bridgehead atoms. The summed E-state index contributed by atoms with van der Waals surface area (Å²) in [6.07, 6.45) is 0. The van der Waals surface area contributed by atoms with Gasteiger partial charge in [-0.25, -0.2) is 0 Å². The molecule has 2 rings (SSSR count). The summed E-state index contributed by atoms with van der Waals surface area (Å²) in [6.45, 7) is 2.41. The second-order valence-corrected chi connectivity index (χ2v) is 6.22. The van der Waals surface area contributed by atoms with Gasteiger partial charge in [0.1, 0.15) is 0 Å². The molecule has 2 aromatic carbocycles. The van der Waals surface area contributed by atoms with E-state index in [9.17, 15) is 9.59 Å². The third-order valence-corrected chi connectivity index (χ3v) is 3.90. The highest BCUT2D eigenvalue weighted by atomic mass is 35.5. The molecule has 0 aliphatic rings. The molecule has 0 aliphatic heterocycles. The standard InChI is InChI=1S/C17H15Cl2N3O2S/c1-2-20-15(23)10-3-6-12(7-4-10)21-17(25)22-16(24)13-8-5-11(18)9-14(13)19/h3-9H,2H2,1H3,(H,20,23)(H2,21,22,24,25). The number of thiocarbonyl (C=S) groups is 1. The summed E-state index contributed by atoms with van der Waals surface area (Å²) in [5, 5.41) is 8.91. The van der Waals surface area contributed by atoms with Gasteiger partial charge in [-0.05, 0) is 61.6 Å². The molecule has 0 aliphatic carbocycles. The number of nitrogens with one attached hydrogen (secondary N) is 3. The van der Waals surface area contributed by atoms with Crippen LogP contribution in [0.1, 0.15) is 27.6 Å². The van der Waals surface area contributed by atoms with E-state index >= 15 is 0 Å². The summed E-state index contributed by atoms with van der Waals surface area (Å²) in [4.78, 5) is 23.9. The smallest absolute Gasteiger partial charge is 0.258 e. The predicted molar refractivity (Wildman–Crippen MR) is 105 cm³/mol. The molecule has 130 valence electrons. The van der Waals surface area contributed by atoms with Crippen molar-refractivity contribution in [2.75, 3.05) is 11.9 Å². The normalized spacial score (nSPS) is 10.0. The van der Waals surface area contributed by atoms with Gasteiger partial charge in [0.25, 0.3) is 11.8 Å². The molecule has 0 unspecified atom stereocenters. The van der Waals surface area contributed by atoms with E-state index in [1.807, 2.05) is 6.92 Å². The maximum atomic E-state index is 12.2. The Bertz CT molecular complexity index is 810. The summed E-state index contributed by atoms with van der Waals surface area (Å²) < 4.78 is 0. The molecule has 0 spiro atoms. The van der Waals surface area contributed by atoms with Gasteiger partial charge in [0.2, 0.25) is 0 Å². The van der Waals surface area contributed by atoms with E-state index in [4.69, 9.17) is 35.4 Å². The zero-order chi connectivity index (χ0) is 18.4. The minimum atomic E-state index is -0.446. The highest BCUT2D eigenvalue weighted by Crippen LogP contribution is 2.20. The summed E-state index contributed by atoms with van der Waals surface area (Å²) in [7, 11) is 0. The van der Waals surface area contributed by atoms with E-state index < -0.39 is 5.91 Å². The van der Waals surface area contributed by atoms with Crippen LogP contribution in [0.4, 0.5) is 5.69 Å². The number of carbonyl (C=O) groups is 2. The number of hydrogen-bond acceptors (Lipinski definition) is 3. The molecule has 8 heteroatoms. The van der Waals surface area contributed by atoms with Crippen molar-refractivity contribution in [3.8, 4) is 0 Å². The first kappa shape index (κ1) is 19.2. The third-order valence-electron chi connectivity index (χ3n) is 3.15. The molecular formula is C17H15Cl2N3O2S. The van der Waals surface area contributed by atoms with Crippen molar-refractivity contribution >= 4 is 58.0 Å². The topological polar surface area (TPSA) is 70.2 Å². The van der Waals surface area contributed by atoms with E-state index in [0.29, 0.717) is 22.8 Å². The fourth-order valence-electron chi connectivity index (χ4n) is 1.97. The first-order valence-electron chi connectivity index (χ1n) is 7.36. The second kappa shape index (κ2) is 8.80. The van der Waals surface area contributed by atoms with Crippen molar-refractivity contribution in [1.82, 2.24) is 10.6 Å². The Morgan fingerprint density at radius 2 is 1.72 bits per heavy atom. The Balaban J connectivity index is 1.97. The van der Waals surface area contributed by atoms with Crippen LogP contribution in [0.3, 0.4) is 0 Å². The van der Waals surface area contributed by atoms with Crippen LogP contribution in [0.25, 0.3) is 0 Å². The average Bonchev–Trinajstić information content (AvgIpc) is 2.55. The number of amides is 2. The highest BCUT2D eigenvalue weighted by molar-refractivity contribution is 7.80. The Morgan fingerprint density at radius 3 is 2.32 bits per heavy atom. The fraction of sp³-hybridized carbons (Fsp3) is 0.118. The summed E-state index contributed by atoms with van der Waals surface area (Å²) >= 11 is 16.9. The van der Waals surface area contributed by atoms with Crippen molar-refractivity contribution in [2.24, 2.45) is 0 Å². The van der Waals surface area contributed by atoms with Crippen molar-refractivity contribution in [1.29, 1.82) is 0 Å². The van der Waals surface area contributed by atoms with Gasteiger partial charge in [-0.15, -0.1) is 0 Å². The number of hydrogen-bond donors (Lipinski definition) is 3. The van der Waals surface area contributed by atoms with Crippen LogP contribution in [0.15, 0.2) is 42.5 Å². The Kier molecular flexibility index (Phi) is 6.75. The van der Waals surface area contributed by atoms with E-state index in [-0.39, 0.29) is 21.6 Å². The van der Waals surface area contributed by atoms with E-state index in [0.717, 1.165) is 0 Å². The lowest BCUT2D eigenvalue weighted by Crippen LogP contribution is -2.34. The van der Waals surface area contributed by atoms with E-state index in [1.54, 1.807) is 30.3 Å². The van der Waals surface area contributed by atoms with Crippen molar-refractivity contribution in [2.45, 2.75) is 6.92 Å². The van der Waals surface area contributed by atoms with E-state index in [2.05, 4.69) is 16.0 Å². The van der Waals surface area contributed by atoms with E-state index in [1.165, 1.54) is 12.1 Å². The van der Waals surface area contributed by atoms with Gasteiger partial charge in [-0.3, -0.25) is 14.9 Å². The zero-order valence-corrected chi connectivity index (χ0v) is 15.6. The number of carbonyl (C=O) groups excluding carboxylic acids is 2. The Morgan fingerprint density at radius 1 is 1.04 bits per heavy atom. The fourth-order valence-corrected chi connectivity index (χ4v) is 2.68. The third kappa shape index (κ3) is 5.42. The maximum absolute atomic E-state index is 12.2. The highest BCUT2D eigenvalue weighted by Gasteiger charge is 2.12. The lowest BCUT2D eigenvalue weighted by atomic mass is 10.2. The van der Waals surface area contributed by atoms with Crippen LogP contribution in [0, 0.1) is 0 Å². The number of rotatable bonds is 4. The molecule has 0 fully saturated rings. The summed E-state index contributed by atoms with van der Waals surface area (Å²) in [6, 6.07) is 11.3. The van der Waals surface area contributed by atoms with Gasteiger partial charge in [-0.2, -0.15) is 0 Å². The molecule has 0 atom stereocenters.